The molecule has 0 bridgehead atoms. The molecule has 136 valence electrons. The first-order chi connectivity index (χ1) is 12.4. The van der Waals surface area contributed by atoms with Gasteiger partial charge in [-0.2, -0.15) is 5.10 Å². The number of imidazole rings is 1. The topological polar surface area (TPSA) is 123 Å². The van der Waals surface area contributed by atoms with E-state index in [1.807, 2.05) is 0 Å². The second kappa shape index (κ2) is 5.68. The molecule has 4 rings (SSSR count). The zero-order chi connectivity index (χ0) is 18.5. The Bertz CT molecular complexity index is 911. The fraction of sp³-hybridized carbons (Fsp3) is 0.438. The molecule has 0 spiro atoms. The van der Waals surface area contributed by atoms with E-state index in [0.717, 1.165) is 18.4 Å². The number of amides is 4. The van der Waals surface area contributed by atoms with Crippen LogP contribution in [0.15, 0.2) is 18.6 Å². The van der Waals surface area contributed by atoms with E-state index in [4.69, 9.17) is 0 Å². The van der Waals surface area contributed by atoms with E-state index in [9.17, 15) is 14.4 Å². The van der Waals surface area contributed by atoms with Crippen LogP contribution in [0.1, 0.15) is 40.6 Å². The summed E-state index contributed by atoms with van der Waals surface area (Å²) in [6, 6.07) is -0.619. The molecule has 1 saturated carbocycles. The number of nitrogens with zero attached hydrogens (tertiary/aromatic N) is 4. The molecule has 4 amide bonds. The van der Waals surface area contributed by atoms with Crippen LogP contribution < -0.4 is 16.0 Å². The number of aryl methyl sites for hydroxylation is 2. The van der Waals surface area contributed by atoms with Gasteiger partial charge >= 0.3 is 6.03 Å². The molecule has 3 N–H and O–H groups in total. The molecule has 26 heavy (non-hydrogen) atoms. The van der Waals surface area contributed by atoms with E-state index in [1.54, 1.807) is 31.1 Å². The maximum absolute atomic E-state index is 12.8. The van der Waals surface area contributed by atoms with Crippen molar-refractivity contribution in [2.45, 2.75) is 24.3 Å². The predicted octanol–water partition coefficient (Wildman–Crippen LogP) is -0.504. The van der Waals surface area contributed by atoms with Crippen LogP contribution in [0.25, 0.3) is 0 Å². The Kier molecular flexibility index (Phi) is 3.56. The molecule has 1 aliphatic heterocycles. The van der Waals surface area contributed by atoms with Crippen LogP contribution in [0.2, 0.25) is 0 Å². The Labute approximate surface area is 149 Å². The summed E-state index contributed by atoms with van der Waals surface area (Å²) in [5.41, 5.74) is -0.0632. The van der Waals surface area contributed by atoms with Crippen LogP contribution in [0, 0.1) is 0 Å². The van der Waals surface area contributed by atoms with Gasteiger partial charge in [0.05, 0.1) is 12.7 Å². The summed E-state index contributed by atoms with van der Waals surface area (Å²) in [6.07, 6.45) is 7.00. The van der Waals surface area contributed by atoms with Gasteiger partial charge in [-0.15, -0.1) is 0 Å². The normalized spacial score (nSPS) is 22.2. The number of carbonyl (C=O) groups is 3. The lowest BCUT2D eigenvalue weighted by molar-refractivity contribution is -0.124. The molecular weight excluding hydrogens is 338 g/mol. The third-order valence-electron chi connectivity index (χ3n) is 4.86. The van der Waals surface area contributed by atoms with E-state index >= 15 is 0 Å². The molecule has 2 aromatic rings. The van der Waals surface area contributed by atoms with Crippen LogP contribution in [0.5, 0.6) is 0 Å². The van der Waals surface area contributed by atoms with Crippen molar-refractivity contribution in [3.8, 4) is 0 Å². The molecule has 0 unspecified atom stereocenters. The third kappa shape index (κ3) is 2.45. The molecule has 3 heterocycles. The minimum absolute atomic E-state index is 0.121. The van der Waals surface area contributed by atoms with E-state index in [0.29, 0.717) is 17.4 Å². The van der Waals surface area contributed by atoms with Crippen molar-refractivity contribution >= 4 is 17.8 Å². The van der Waals surface area contributed by atoms with Crippen molar-refractivity contribution in [3.05, 3.63) is 35.7 Å². The van der Waals surface area contributed by atoms with Gasteiger partial charge in [0.1, 0.15) is 11.5 Å². The molecule has 0 aromatic carbocycles. The van der Waals surface area contributed by atoms with E-state index in [-0.39, 0.29) is 12.5 Å². The highest BCUT2D eigenvalue weighted by atomic mass is 16.2. The first-order valence-electron chi connectivity index (χ1n) is 8.34. The lowest BCUT2D eigenvalue weighted by Gasteiger charge is -2.25. The standard InChI is InChI=1S/C16H19N7O3/c1-22-6-5-17-13(22)16(14(25)20-15(26)21-16)8-18-12(24)11-10(9-3-4-9)7-19-23(11)2/h5-7,9H,3-4,8H2,1-2H3,(H,18,24)(H2,20,21,25,26)/t16-/m1/s1. The molecule has 1 aliphatic carbocycles. The molecule has 2 fully saturated rings. The Balaban J connectivity index is 1.61. The van der Waals surface area contributed by atoms with Crippen LogP contribution >= 0.6 is 0 Å². The fourth-order valence-electron chi connectivity index (χ4n) is 3.35. The van der Waals surface area contributed by atoms with Crippen LogP contribution in [0.3, 0.4) is 0 Å². The second-order valence-corrected chi connectivity index (χ2v) is 6.70. The number of aromatic nitrogens is 4. The van der Waals surface area contributed by atoms with Crippen molar-refractivity contribution in [1.29, 1.82) is 0 Å². The zero-order valence-electron chi connectivity index (χ0n) is 14.4. The van der Waals surface area contributed by atoms with Gasteiger partial charge in [0.2, 0.25) is 0 Å². The van der Waals surface area contributed by atoms with Gasteiger partial charge in [0.25, 0.3) is 11.8 Å². The maximum atomic E-state index is 12.8. The summed E-state index contributed by atoms with van der Waals surface area (Å²) < 4.78 is 3.17. The average molecular weight is 357 g/mol. The van der Waals surface area contributed by atoms with Gasteiger partial charge < -0.3 is 15.2 Å². The number of nitrogens with one attached hydrogen (secondary N) is 3. The highest BCUT2D eigenvalue weighted by Crippen LogP contribution is 2.41. The molecule has 0 radical (unpaired) electrons. The first kappa shape index (κ1) is 16.3. The predicted molar refractivity (Wildman–Crippen MR) is 89.1 cm³/mol. The van der Waals surface area contributed by atoms with Crippen LogP contribution in [0.4, 0.5) is 4.79 Å². The summed E-state index contributed by atoms with van der Waals surface area (Å²) in [6.45, 7) is -0.121. The van der Waals surface area contributed by atoms with Crippen molar-refractivity contribution in [1.82, 2.24) is 35.3 Å². The van der Waals surface area contributed by atoms with E-state index < -0.39 is 17.5 Å². The largest absolute Gasteiger partial charge is 0.347 e. The van der Waals surface area contributed by atoms with Gasteiger partial charge in [-0.3, -0.25) is 19.6 Å². The zero-order valence-corrected chi connectivity index (χ0v) is 14.4. The first-order valence-corrected chi connectivity index (χ1v) is 8.34. The van der Waals surface area contributed by atoms with E-state index in [2.05, 4.69) is 26.0 Å². The molecule has 2 aliphatic rings. The molecular formula is C16H19N7O3. The monoisotopic (exact) mass is 357 g/mol. The summed E-state index contributed by atoms with van der Waals surface area (Å²) >= 11 is 0. The average Bonchev–Trinajstić information content (AvgIpc) is 3.12. The quantitative estimate of drug-likeness (QED) is 0.622. The van der Waals surface area contributed by atoms with Crippen molar-refractivity contribution in [2.75, 3.05) is 6.54 Å². The summed E-state index contributed by atoms with van der Waals surface area (Å²) in [7, 11) is 3.43. The highest BCUT2D eigenvalue weighted by Gasteiger charge is 2.51. The van der Waals surface area contributed by atoms with Crippen molar-refractivity contribution in [2.24, 2.45) is 14.1 Å². The molecule has 10 heteroatoms. The summed E-state index contributed by atoms with van der Waals surface area (Å²) in [5.74, 6) is -0.185. The Morgan fingerprint density at radius 1 is 1.38 bits per heavy atom. The van der Waals surface area contributed by atoms with Crippen LogP contribution in [-0.4, -0.2) is 43.7 Å². The minimum Gasteiger partial charge on any atom is -0.347 e. The van der Waals surface area contributed by atoms with Crippen LogP contribution in [-0.2, 0) is 24.4 Å². The minimum atomic E-state index is -1.46. The van der Waals surface area contributed by atoms with Gasteiger partial charge in [-0.1, -0.05) is 0 Å². The molecule has 1 atom stereocenters. The number of imide groups is 1. The van der Waals surface area contributed by atoms with Gasteiger partial charge in [0, 0.05) is 32.1 Å². The van der Waals surface area contributed by atoms with E-state index in [1.165, 1.54) is 10.9 Å². The second-order valence-electron chi connectivity index (χ2n) is 6.70. The summed E-state index contributed by atoms with van der Waals surface area (Å²) in [4.78, 5) is 41.2. The lowest BCUT2D eigenvalue weighted by Crippen LogP contribution is -2.54. The summed E-state index contributed by atoms with van der Waals surface area (Å²) in [5, 5.41) is 11.8. The number of urea groups is 1. The number of carbonyl (C=O) groups excluding carboxylic acids is 3. The Hall–Kier alpha value is -3.17. The highest BCUT2D eigenvalue weighted by molar-refractivity contribution is 6.07. The number of rotatable bonds is 5. The molecule has 1 saturated heterocycles. The molecule has 2 aromatic heterocycles. The van der Waals surface area contributed by atoms with Crippen molar-refractivity contribution < 1.29 is 14.4 Å². The SMILES string of the molecule is Cn1ccnc1[C@@]1(CNC(=O)c2c(C3CC3)cnn2C)NC(=O)NC1=O. The van der Waals surface area contributed by atoms with Gasteiger partial charge in [-0.25, -0.2) is 9.78 Å². The third-order valence-corrected chi connectivity index (χ3v) is 4.86. The number of hydrogen-bond donors (Lipinski definition) is 3. The molecule has 10 nitrogen and oxygen atoms in total. The Morgan fingerprint density at radius 3 is 2.73 bits per heavy atom. The van der Waals surface area contributed by atoms with Gasteiger partial charge in [0.15, 0.2) is 5.54 Å². The van der Waals surface area contributed by atoms with Gasteiger partial charge in [-0.05, 0) is 18.8 Å². The fourth-order valence-corrected chi connectivity index (χ4v) is 3.35. The number of hydrogen-bond acceptors (Lipinski definition) is 5. The lowest BCUT2D eigenvalue weighted by atomic mass is 9.98. The Morgan fingerprint density at radius 2 is 2.15 bits per heavy atom. The van der Waals surface area contributed by atoms with Crippen molar-refractivity contribution in [3.63, 3.8) is 0 Å². The smallest absolute Gasteiger partial charge is 0.322 e. The maximum Gasteiger partial charge on any atom is 0.322 e.